The normalized spacial score (nSPS) is 10.5. The number of carbonyl (C=O) groups excluding carboxylic acids is 2. The Labute approximate surface area is 149 Å². The van der Waals surface area contributed by atoms with Crippen LogP contribution in [0.1, 0.15) is 27.0 Å². The van der Waals surface area contributed by atoms with Crippen LogP contribution in [0.5, 0.6) is 5.75 Å². The molecular weight excluding hydrogens is 338 g/mol. The summed E-state index contributed by atoms with van der Waals surface area (Å²) in [4.78, 5) is 24.8. The van der Waals surface area contributed by atoms with Gasteiger partial charge in [-0.3, -0.25) is 4.79 Å². The number of amides is 1. The zero-order valence-electron chi connectivity index (χ0n) is 13.9. The lowest BCUT2D eigenvalue weighted by molar-refractivity contribution is 0.0532. The van der Waals surface area contributed by atoms with E-state index in [2.05, 4.69) is 5.32 Å². The summed E-state index contributed by atoms with van der Waals surface area (Å²) in [7, 11) is 1.56. The maximum atomic E-state index is 12.4. The van der Waals surface area contributed by atoms with Crippen LogP contribution in [0.2, 0.25) is 0 Å². The molecule has 0 saturated carbocycles. The van der Waals surface area contributed by atoms with Crippen LogP contribution in [0.25, 0.3) is 10.1 Å². The van der Waals surface area contributed by atoms with Crippen molar-refractivity contribution in [3.63, 3.8) is 0 Å². The van der Waals surface area contributed by atoms with Crippen LogP contribution in [0.15, 0.2) is 48.5 Å². The summed E-state index contributed by atoms with van der Waals surface area (Å²) in [5, 5.41) is 3.74. The number of nitrogens with one attached hydrogen (secondary N) is 1. The van der Waals surface area contributed by atoms with Gasteiger partial charge in [0.1, 0.15) is 10.6 Å². The fourth-order valence-corrected chi connectivity index (χ4v) is 3.33. The van der Waals surface area contributed by atoms with E-state index in [0.717, 1.165) is 10.1 Å². The Morgan fingerprint density at radius 2 is 1.96 bits per heavy atom. The Hall–Kier alpha value is -2.86. The fraction of sp³-hybridized carbons (Fsp3) is 0.158. The van der Waals surface area contributed by atoms with E-state index in [1.54, 1.807) is 44.4 Å². The van der Waals surface area contributed by atoms with Gasteiger partial charge < -0.3 is 14.8 Å². The van der Waals surface area contributed by atoms with Crippen molar-refractivity contribution in [2.24, 2.45) is 0 Å². The quantitative estimate of drug-likeness (QED) is 0.692. The lowest BCUT2D eigenvalue weighted by Gasteiger charge is -2.07. The molecule has 0 aliphatic carbocycles. The molecule has 0 atom stereocenters. The summed E-state index contributed by atoms with van der Waals surface area (Å²) in [6, 6.07) is 14.3. The molecule has 1 aromatic heterocycles. The molecule has 0 bridgehead atoms. The highest BCUT2D eigenvalue weighted by molar-refractivity contribution is 7.20. The molecule has 0 spiro atoms. The van der Waals surface area contributed by atoms with Crippen molar-refractivity contribution >= 4 is 39.0 Å². The molecule has 3 aromatic rings. The highest BCUT2D eigenvalue weighted by Crippen LogP contribution is 2.29. The zero-order chi connectivity index (χ0) is 17.8. The van der Waals surface area contributed by atoms with Gasteiger partial charge in [-0.05, 0) is 54.8 Å². The van der Waals surface area contributed by atoms with Crippen LogP contribution in [0, 0.1) is 0 Å². The van der Waals surface area contributed by atoms with E-state index in [1.807, 2.05) is 18.2 Å². The number of benzene rings is 2. The van der Waals surface area contributed by atoms with Gasteiger partial charge in [-0.15, -0.1) is 11.3 Å². The monoisotopic (exact) mass is 355 g/mol. The molecular formula is C19H17NO4S. The van der Waals surface area contributed by atoms with E-state index in [9.17, 15) is 9.59 Å². The number of methoxy groups -OCH3 is 1. The van der Waals surface area contributed by atoms with Crippen LogP contribution >= 0.6 is 11.3 Å². The topological polar surface area (TPSA) is 64.6 Å². The molecule has 0 fully saturated rings. The van der Waals surface area contributed by atoms with Gasteiger partial charge in [-0.1, -0.05) is 6.07 Å². The predicted molar refractivity (Wildman–Crippen MR) is 98.7 cm³/mol. The Morgan fingerprint density at radius 3 is 2.72 bits per heavy atom. The summed E-state index contributed by atoms with van der Waals surface area (Å²) in [5.41, 5.74) is 1.17. The van der Waals surface area contributed by atoms with E-state index in [0.29, 0.717) is 28.5 Å². The number of fused-ring (bicyclic) bond motifs is 1. The molecule has 1 heterocycles. The van der Waals surface area contributed by atoms with Crippen molar-refractivity contribution in [2.75, 3.05) is 19.0 Å². The van der Waals surface area contributed by atoms with Crippen LogP contribution < -0.4 is 10.1 Å². The fourth-order valence-electron chi connectivity index (χ4n) is 2.39. The number of carbonyl (C=O) groups is 2. The van der Waals surface area contributed by atoms with Gasteiger partial charge in [0.05, 0.1) is 13.7 Å². The summed E-state index contributed by atoms with van der Waals surface area (Å²) < 4.78 is 11.1. The Bertz CT molecular complexity index is 932. The molecule has 0 aliphatic heterocycles. The number of esters is 1. The van der Waals surface area contributed by atoms with Crippen molar-refractivity contribution in [2.45, 2.75) is 6.92 Å². The van der Waals surface area contributed by atoms with Gasteiger partial charge in [0.25, 0.3) is 5.91 Å². The lowest BCUT2D eigenvalue weighted by Crippen LogP contribution is -2.11. The molecule has 3 rings (SSSR count). The number of hydrogen-bond donors (Lipinski definition) is 1. The number of hydrogen-bond acceptors (Lipinski definition) is 5. The van der Waals surface area contributed by atoms with Crippen molar-refractivity contribution in [1.29, 1.82) is 0 Å². The standard InChI is InChI=1S/C19H17NO4S/c1-3-24-19(22)17-11-13-9-14(7-8-16(13)25-17)20-18(21)12-5-4-6-15(10-12)23-2/h4-11H,3H2,1-2H3,(H,20,21). The SMILES string of the molecule is CCOC(=O)c1cc2cc(NC(=O)c3cccc(OC)c3)ccc2s1. The minimum Gasteiger partial charge on any atom is -0.497 e. The first-order valence-electron chi connectivity index (χ1n) is 7.77. The summed E-state index contributed by atoms with van der Waals surface area (Å²) >= 11 is 1.37. The van der Waals surface area contributed by atoms with Crippen molar-refractivity contribution in [3.8, 4) is 5.75 Å². The van der Waals surface area contributed by atoms with Crippen LogP contribution in [-0.4, -0.2) is 25.6 Å². The van der Waals surface area contributed by atoms with E-state index in [4.69, 9.17) is 9.47 Å². The first-order chi connectivity index (χ1) is 12.1. The molecule has 2 aromatic carbocycles. The van der Waals surface area contributed by atoms with E-state index < -0.39 is 0 Å². The largest absolute Gasteiger partial charge is 0.497 e. The van der Waals surface area contributed by atoms with Crippen molar-refractivity contribution < 1.29 is 19.1 Å². The number of rotatable bonds is 5. The molecule has 0 unspecified atom stereocenters. The minimum atomic E-state index is -0.328. The molecule has 128 valence electrons. The average Bonchev–Trinajstić information content (AvgIpc) is 3.05. The third-order valence-corrected chi connectivity index (χ3v) is 4.68. The summed E-state index contributed by atoms with van der Waals surface area (Å²) in [6.07, 6.45) is 0. The maximum absolute atomic E-state index is 12.4. The third kappa shape index (κ3) is 3.80. The third-order valence-electron chi connectivity index (χ3n) is 3.58. The molecule has 0 radical (unpaired) electrons. The summed E-state index contributed by atoms with van der Waals surface area (Å²) in [5.74, 6) is 0.0739. The first kappa shape index (κ1) is 17.0. The van der Waals surface area contributed by atoms with E-state index in [1.165, 1.54) is 11.3 Å². The van der Waals surface area contributed by atoms with Gasteiger partial charge in [0.2, 0.25) is 0 Å². The highest BCUT2D eigenvalue weighted by Gasteiger charge is 2.12. The lowest BCUT2D eigenvalue weighted by atomic mass is 10.2. The number of ether oxygens (including phenoxy) is 2. The number of anilines is 1. The Balaban J connectivity index is 1.81. The molecule has 1 N–H and O–H groups in total. The molecule has 6 heteroatoms. The van der Waals surface area contributed by atoms with Crippen LogP contribution in [0.3, 0.4) is 0 Å². The van der Waals surface area contributed by atoms with Crippen LogP contribution in [0.4, 0.5) is 5.69 Å². The van der Waals surface area contributed by atoms with Crippen LogP contribution in [-0.2, 0) is 4.74 Å². The number of thiophene rings is 1. The Morgan fingerprint density at radius 1 is 1.12 bits per heavy atom. The van der Waals surface area contributed by atoms with Gasteiger partial charge in [-0.25, -0.2) is 4.79 Å². The van der Waals surface area contributed by atoms with Crippen molar-refractivity contribution in [1.82, 2.24) is 0 Å². The average molecular weight is 355 g/mol. The molecule has 0 saturated heterocycles. The first-order valence-corrected chi connectivity index (χ1v) is 8.58. The summed E-state index contributed by atoms with van der Waals surface area (Å²) in [6.45, 7) is 2.12. The second-order valence-electron chi connectivity index (χ2n) is 5.27. The maximum Gasteiger partial charge on any atom is 0.348 e. The highest BCUT2D eigenvalue weighted by atomic mass is 32.1. The predicted octanol–water partition coefficient (Wildman–Crippen LogP) is 4.34. The minimum absolute atomic E-state index is 0.223. The second kappa shape index (κ2) is 7.36. The molecule has 1 amide bonds. The van der Waals surface area contributed by atoms with E-state index in [-0.39, 0.29) is 11.9 Å². The molecule has 25 heavy (non-hydrogen) atoms. The van der Waals surface area contributed by atoms with Gasteiger partial charge in [-0.2, -0.15) is 0 Å². The molecule has 0 aliphatic rings. The molecule has 5 nitrogen and oxygen atoms in total. The van der Waals surface area contributed by atoms with Gasteiger partial charge in [0.15, 0.2) is 0 Å². The Kier molecular flexibility index (Phi) is 5.00. The zero-order valence-corrected chi connectivity index (χ0v) is 14.7. The van der Waals surface area contributed by atoms with Gasteiger partial charge >= 0.3 is 5.97 Å². The second-order valence-corrected chi connectivity index (χ2v) is 6.35. The smallest absolute Gasteiger partial charge is 0.348 e. The van der Waals surface area contributed by atoms with Crippen molar-refractivity contribution in [3.05, 3.63) is 59.0 Å². The van der Waals surface area contributed by atoms with Gasteiger partial charge in [0, 0.05) is 16.0 Å². The van der Waals surface area contributed by atoms with E-state index >= 15 is 0 Å².